The van der Waals surface area contributed by atoms with E-state index in [1.165, 1.54) is 0 Å². The maximum Gasteiger partial charge on any atom is 0.484 e. The SMILES string of the molecule is CCO[SiH](OCC)OCC.O=[NH+][O-]. The van der Waals surface area contributed by atoms with Gasteiger partial charge in [-0.25, -0.2) is 0 Å². The van der Waals surface area contributed by atoms with Crippen molar-refractivity contribution in [1.82, 2.24) is 0 Å². The first-order chi connectivity index (χ1) is 6.26. The minimum absolute atomic E-state index is 0.250. The second-order valence-electron chi connectivity index (χ2n) is 1.74. The molecule has 0 rings (SSSR count). The van der Waals surface area contributed by atoms with Crippen LogP contribution in [0.4, 0.5) is 0 Å². The molecule has 0 radical (unpaired) electrons. The fraction of sp³-hybridized carbons (Fsp3) is 1.00. The van der Waals surface area contributed by atoms with Crippen LogP contribution in [0, 0.1) is 10.1 Å². The fourth-order valence-electron chi connectivity index (χ4n) is 0.553. The Morgan fingerprint density at radius 2 is 1.31 bits per heavy atom. The maximum absolute atomic E-state index is 8.12. The molecule has 0 spiro atoms. The van der Waals surface area contributed by atoms with Gasteiger partial charge in [-0.1, -0.05) is 0 Å². The van der Waals surface area contributed by atoms with E-state index in [1.807, 2.05) is 20.8 Å². The Morgan fingerprint density at radius 1 is 1.08 bits per heavy atom. The van der Waals surface area contributed by atoms with Gasteiger partial charge in [0.25, 0.3) is 0 Å². The maximum atomic E-state index is 8.12. The molecule has 0 aromatic rings. The molecule has 0 aromatic carbocycles. The molecule has 0 atom stereocenters. The standard InChI is InChI=1S/C6H16O3Si.HNO2/c1-4-7-10(8-5-2)9-6-3;2-1-3/h10H,4-6H2,1-3H3;1H. The van der Waals surface area contributed by atoms with Crippen LogP contribution in [0.3, 0.4) is 0 Å². The zero-order valence-corrected chi connectivity index (χ0v) is 9.39. The van der Waals surface area contributed by atoms with Gasteiger partial charge >= 0.3 is 9.53 Å². The van der Waals surface area contributed by atoms with Crippen LogP contribution < -0.4 is 5.34 Å². The number of nitrogens with one attached hydrogen (secondary N) is 1. The van der Waals surface area contributed by atoms with E-state index in [-0.39, 0.29) is 5.34 Å². The summed E-state index contributed by atoms with van der Waals surface area (Å²) in [7, 11) is -1.73. The number of hydrogen-bond donors (Lipinski definition) is 1. The lowest BCUT2D eigenvalue weighted by atomic mass is 10.9. The van der Waals surface area contributed by atoms with Crippen LogP contribution >= 0.6 is 0 Å². The van der Waals surface area contributed by atoms with Crippen molar-refractivity contribution in [2.24, 2.45) is 0 Å². The summed E-state index contributed by atoms with van der Waals surface area (Å²) < 4.78 is 15.7. The lowest BCUT2D eigenvalue weighted by molar-refractivity contribution is -0.398. The molecular weight excluding hydrogens is 194 g/mol. The Balaban J connectivity index is 0. The Kier molecular flexibility index (Phi) is 16.2. The topological polar surface area (TPSA) is 81.8 Å². The smallest absolute Gasteiger partial charge is 0.376 e. The molecule has 80 valence electrons. The fourth-order valence-corrected chi connectivity index (χ4v) is 1.66. The van der Waals surface area contributed by atoms with Crippen LogP contribution in [0.15, 0.2) is 0 Å². The Labute approximate surface area is 79.7 Å². The van der Waals surface area contributed by atoms with Crippen molar-refractivity contribution in [1.29, 1.82) is 0 Å². The van der Waals surface area contributed by atoms with E-state index in [2.05, 4.69) is 0 Å². The first-order valence-corrected chi connectivity index (χ1v) is 5.52. The highest BCUT2D eigenvalue weighted by Crippen LogP contribution is 1.90. The van der Waals surface area contributed by atoms with Crippen LogP contribution in [-0.2, 0) is 13.3 Å². The molecule has 0 amide bonds. The monoisotopic (exact) mass is 211 g/mol. The lowest BCUT2D eigenvalue weighted by Crippen LogP contribution is -2.53. The third-order valence-electron chi connectivity index (χ3n) is 0.908. The first-order valence-electron chi connectivity index (χ1n) is 4.10. The van der Waals surface area contributed by atoms with Crippen molar-refractivity contribution >= 4 is 9.53 Å². The molecule has 0 heterocycles. The quantitative estimate of drug-likeness (QED) is 0.351. The molecule has 7 heteroatoms. The van der Waals surface area contributed by atoms with Gasteiger partial charge in [-0.15, -0.1) is 0 Å². The molecule has 0 fully saturated rings. The van der Waals surface area contributed by atoms with Crippen LogP contribution in [0.1, 0.15) is 20.8 Å². The van der Waals surface area contributed by atoms with Crippen molar-refractivity contribution in [3.63, 3.8) is 0 Å². The van der Waals surface area contributed by atoms with Gasteiger partial charge in [-0.3, -0.25) is 10.1 Å². The van der Waals surface area contributed by atoms with Gasteiger partial charge in [0, 0.05) is 25.2 Å². The lowest BCUT2D eigenvalue weighted by Gasteiger charge is -2.12. The second-order valence-corrected chi connectivity index (χ2v) is 3.32. The van der Waals surface area contributed by atoms with Gasteiger partial charge in [0.2, 0.25) is 0 Å². The minimum atomic E-state index is -1.73. The highest BCUT2D eigenvalue weighted by atomic mass is 28.3. The molecule has 0 aliphatic heterocycles. The summed E-state index contributed by atoms with van der Waals surface area (Å²) in [6, 6.07) is 0. The molecule has 0 aliphatic carbocycles. The largest absolute Gasteiger partial charge is 0.484 e. The van der Waals surface area contributed by atoms with Crippen molar-refractivity contribution in [2.75, 3.05) is 19.8 Å². The van der Waals surface area contributed by atoms with E-state index in [0.29, 0.717) is 19.8 Å². The second kappa shape index (κ2) is 14.0. The van der Waals surface area contributed by atoms with Crippen molar-refractivity contribution in [3.8, 4) is 0 Å². The normalized spacial score (nSPS) is 9.23. The third-order valence-corrected chi connectivity index (χ3v) is 2.72. The summed E-state index contributed by atoms with van der Waals surface area (Å²) in [5.41, 5.74) is 0. The Morgan fingerprint density at radius 3 is 1.46 bits per heavy atom. The predicted octanol–water partition coefficient (Wildman–Crippen LogP) is -0.856. The third kappa shape index (κ3) is 14.4. The zero-order chi connectivity index (χ0) is 10.5. The Hall–Kier alpha value is -0.503. The van der Waals surface area contributed by atoms with E-state index >= 15 is 0 Å². The number of hydrogen-bond acceptors (Lipinski definition) is 5. The molecular formula is C6H17NO5Si. The molecule has 0 saturated heterocycles. The van der Waals surface area contributed by atoms with Gasteiger partial charge < -0.3 is 13.3 Å². The average Bonchev–Trinajstić information content (AvgIpc) is 2.07. The highest BCUT2D eigenvalue weighted by Gasteiger charge is 2.11. The molecule has 6 nitrogen and oxygen atoms in total. The van der Waals surface area contributed by atoms with Crippen LogP contribution in [-0.4, -0.2) is 29.3 Å². The molecule has 0 aliphatic rings. The van der Waals surface area contributed by atoms with E-state index in [1.54, 1.807) is 0 Å². The molecule has 0 unspecified atom stereocenters. The number of rotatable bonds is 6. The predicted molar refractivity (Wildman–Crippen MR) is 49.7 cm³/mol. The van der Waals surface area contributed by atoms with E-state index in [4.69, 9.17) is 23.4 Å². The van der Waals surface area contributed by atoms with E-state index in [0.717, 1.165) is 0 Å². The van der Waals surface area contributed by atoms with Gasteiger partial charge in [0.15, 0.2) is 0 Å². The van der Waals surface area contributed by atoms with Crippen molar-refractivity contribution in [3.05, 3.63) is 10.1 Å². The van der Waals surface area contributed by atoms with Gasteiger partial charge in [-0.2, -0.15) is 0 Å². The minimum Gasteiger partial charge on any atom is -0.376 e. The van der Waals surface area contributed by atoms with Crippen molar-refractivity contribution in [2.45, 2.75) is 20.8 Å². The summed E-state index contributed by atoms with van der Waals surface area (Å²) in [6.07, 6.45) is 0. The zero-order valence-electron chi connectivity index (χ0n) is 8.24. The summed E-state index contributed by atoms with van der Waals surface area (Å²) in [5.74, 6) is 0. The van der Waals surface area contributed by atoms with Crippen molar-refractivity contribution < 1.29 is 18.6 Å². The molecule has 0 bridgehead atoms. The summed E-state index contributed by atoms with van der Waals surface area (Å²) >= 11 is 0. The Bertz CT molecular complexity index is 90.8. The van der Waals surface area contributed by atoms with E-state index < -0.39 is 9.53 Å². The van der Waals surface area contributed by atoms with Crippen LogP contribution in [0.2, 0.25) is 0 Å². The first kappa shape index (κ1) is 15.0. The van der Waals surface area contributed by atoms with E-state index in [9.17, 15) is 0 Å². The average molecular weight is 211 g/mol. The van der Waals surface area contributed by atoms with Gasteiger partial charge in [0.1, 0.15) is 0 Å². The van der Waals surface area contributed by atoms with Gasteiger partial charge in [0.05, 0.1) is 0 Å². The molecule has 0 saturated carbocycles. The molecule has 1 N–H and O–H groups in total. The summed E-state index contributed by atoms with van der Waals surface area (Å²) in [4.78, 5) is 8.12. The molecule has 13 heavy (non-hydrogen) atoms. The molecule has 0 aromatic heterocycles. The van der Waals surface area contributed by atoms with Gasteiger partial charge in [-0.05, 0) is 20.8 Å². The summed E-state index contributed by atoms with van der Waals surface area (Å²) in [5, 5.41) is 8.38. The summed E-state index contributed by atoms with van der Waals surface area (Å²) in [6.45, 7) is 7.86. The van der Waals surface area contributed by atoms with Crippen LogP contribution in [0.25, 0.3) is 0 Å². The highest BCUT2D eigenvalue weighted by molar-refractivity contribution is 6.36. The van der Waals surface area contributed by atoms with Crippen LogP contribution in [0.5, 0.6) is 0 Å².